The second-order valence-corrected chi connectivity index (χ2v) is 4.76. The number of rotatable bonds is 4. The van der Waals surface area contributed by atoms with Crippen LogP contribution in [0.1, 0.15) is 18.5 Å². The molecule has 0 amide bonds. The molecule has 2 aromatic rings. The van der Waals surface area contributed by atoms with Crippen molar-refractivity contribution in [3.8, 4) is 0 Å². The van der Waals surface area contributed by atoms with Crippen LogP contribution in [0.3, 0.4) is 0 Å². The van der Waals surface area contributed by atoms with Crippen LogP contribution in [0.2, 0.25) is 0 Å². The summed E-state index contributed by atoms with van der Waals surface area (Å²) in [4.78, 5) is 9.39. The quantitative estimate of drug-likeness (QED) is 0.840. The van der Waals surface area contributed by atoms with E-state index in [9.17, 15) is 0 Å². The topological polar surface area (TPSA) is 37.8 Å². The maximum absolute atomic E-state index is 4.23. The first-order valence-electron chi connectivity index (χ1n) is 5.51. The standard InChI is InChI=1S/C13H15N3S/c1-10(14-2)11-5-3-4-6-12(11)17-13-7-8-15-9-16-13/h3-10,14H,1-2H3. The monoisotopic (exact) mass is 245 g/mol. The minimum absolute atomic E-state index is 0.334. The Labute approximate surface area is 106 Å². The Kier molecular flexibility index (Phi) is 4.12. The molecule has 0 saturated carbocycles. The SMILES string of the molecule is CNC(C)c1ccccc1Sc1ccncn1. The van der Waals surface area contributed by atoms with Gasteiger partial charge in [0.05, 0.1) is 0 Å². The molecule has 4 heteroatoms. The molecule has 0 radical (unpaired) electrons. The highest BCUT2D eigenvalue weighted by Crippen LogP contribution is 2.31. The predicted octanol–water partition coefficient (Wildman–Crippen LogP) is 2.91. The molecule has 88 valence electrons. The molecule has 0 fully saturated rings. The summed E-state index contributed by atoms with van der Waals surface area (Å²) in [5.41, 5.74) is 1.29. The Morgan fingerprint density at radius 3 is 2.76 bits per heavy atom. The molecule has 0 aliphatic carbocycles. The maximum atomic E-state index is 4.23. The van der Waals surface area contributed by atoms with Crippen molar-refractivity contribution in [3.05, 3.63) is 48.4 Å². The van der Waals surface area contributed by atoms with Crippen LogP contribution in [0.25, 0.3) is 0 Å². The zero-order valence-corrected chi connectivity index (χ0v) is 10.7. The fraction of sp³-hybridized carbons (Fsp3) is 0.231. The van der Waals surface area contributed by atoms with Gasteiger partial charge in [0.15, 0.2) is 0 Å². The number of aromatic nitrogens is 2. The van der Waals surface area contributed by atoms with E-state index in [1.165, 1.54) is 10.5 Å². The molecule has 1 heterocycles. The van der Waals surface area contributed by atoms with Gasteiger partial charge in [-0.15, -0.1) is 0 Å². The Hall–Kier alpha value is -1.39. The largest absolute Gasteiger partial charge is 0.313 e. The Balaban J connectivity index is 2.27. The third-order valence-electron chi connectivity index (χ3n) is 2.59. The van der Waals surface area contributed by atoms with Crippen LogP contribution >= 0.6 is 11.8 Å². The van der Waals surface area contributed by atoms with Crippen LogP contribution in [0.5, 0.6) is 0 Å². The fourth-order valence-corrected chi connectivity index (χ4v) is 2.50. The molecule has 1 aromatic carbocycles. The van der Waals surface area contributed by atoms with Gasteiger partial charge in [-0.2, -0.15) is 0 Å². The van der Waals surface area contributed by atoms with Crippen LogP contribution in [-0.2, 0) is 0 Å². The van der Waals surface area contributed by atoms with E-state index in [1.807, 2.05) is 13.1 Å². The van der Waals surface area contributed by atoms with Crippen LogP contribution in [-0.4, -0.2) is 17.0 Å². The van der Waals surface area contributed by atoms with Gasteiger partial charge < -0.3 is 5.32 Å². The summed E-state index contributed by atoms with van der Waals surface area (Å²) >= 11 is 1.67. The van der Waals surface area contributed by atoms with E-state index >= 15 is 0 Å². The summed E-state index contributed by atoms with van der Waals surface area (Å²) in [5.74, 6) is 0. The molecule has 0 aliphatic rings. The third kappa shape index (κ3) is 3.05. The van der Waals surface area contributed by atoms with E-state index in [1.54, 1.807) is 24.3 Å². The van der Waals surface area contributed by atoms with E-state index in [0.29, 0.717) is 6.04 Å². The average Bonchev–Trinajstić information content (AvgIpc) is 2.40. The van der Waals surface area contributed by atoms with E-state index in [0.717, 1.165) is 5.03 Å². The van der Waals surface area contributed by atoms with Crippen LogP contribution in [0.15, 0.2) is 52.8 Å². The maximum Gasteiger partial charge on any atom is 0.116 e. The molecule has 1 N–H and O–H groups in total. The Morgan fingerprint density at radius 1 is 1.24 bits per heavy atom. The van der Waals surface area contributed by atoms with E-state index < -0.39 is 0 Å². The van der Waals surface area contributed by atoms with Crippen molar-refractivity contribution in [2.24, 2.45) is 0 Å². The molecule has 0 spiro atoms. The highest BCUT2D eigenvalue weighted by molar-refractivity contribution is 7.99. The van der Waals surface area contributed by atoms with Crippen molar-refractivity contribution >= 4 is 11.8 Å². The van der Waals surface area contributed by atoms with Crippen LogP contribution in [0.4, 0.5) is 0 Å². The first-order valence-corrected chi connectivity index (χ1v) is 6.33. The van der Waals surface area contributed by atoms with Gasteiger partial charge >= 0.3 is 0 Å². The van der Waals surface area contributed by atoms with Crippen molar-refractivity contribution in [2.75, 3.05) is 7.05 Å². The first kappa shape index (κ1) is 12.1. The zero-order valence-electron chi connectivity index (χ0n) is 9.92. The predicted molar refractivity (Wildman–Crippen MR) is 70.1 cm³/mol. The van der Waals surface area contributed by atoms with E-state index in [2.05, 4.69) is 46.5 Å². The smallest absolute Gasteiger partial charge is 0.116 e. The second-order valence-electron chi connectivity index (χ2n) is 3.70. The lowest BCUT2D eigenvalue weighted by molar-refractivity contribution is 0.641. The molecule has 1 atom stereocenters. The van der Waals surface area contributed by atoms with Crippen molar-refractivity contribution in [1.29, 1.82) is 0 Å². The summed E-state index contributed by atoms with van der Waals surface area (Å²) < 4.78 is 0. The lowest BCUT2D eigenvalue weighted by Crippen LogP contribution is -2.13. The fourth-order valence-electron chi connectivity index (χ4n) is 1.54. The minimum atomic E-state index is 0.334. The molecule has 2 rings (SSSR count). The van der Waals surface area contributed by atoms with Crippen molar-refractivity contribution < 1.29 is 0 Å². The molecule has 0 saturated heterocycles. The molecular formula is C13H15N3S. The van der Waals surface area contributed by atoms with Gasteiger partial charge in [0, 0.05) is 17.1 Å². The molecule has 0 aliphatic heterocycles. The molecule has 1 unspecified atom stereocenters. The summed E-state index contributed by atoms with van der Waals surface area (Å²) in [5, 5.41) is 4.23. The van der Waals surface area contributed by atoms with Gasteiger partial charge in [-0.05, 0) is 31.7 Å². The molecule has 0 bridgehead atoms. The van der Waals surface area contributed by atoms with Crippen molar-refractivity contribution in [3.63, 3.8) is 0 Å². The average molecular weight is 245 g/mol. The summed E-state index contributed by atoms with van der Waals surface area (Å²) in [7, 11) is 1.97. The van der Waals surface area contributed by atoms with E-state index in [-0.39, 0.29) is 0 Å². The highest BCUT2D eigenvalue weighted by Gasteiger charge is 2.09. The van der Waals surface area contributed by atoms with Gasteiger partial charge in [-0.25, -0.2) is 9.97 Å². The van der Waals surface area contributed by atoms with Gasteiger partial charge in [-0.3, -0.25) is 0 Å². The van der Waals surface area contributed by atoms with Crippen LogP contribution in [0, 0.1) is 0 Å². The zero-order chi connectivity index (χ0) is 12.1. The second kappa shape index (κ2) is 5.80. The highest BCUT2D eigenvalue weighted by atomic mass is 32.2. The molecule has 1 aromatic heterocycles. The normalized spacial score (nSPS) is 12.4. The third-order valence-corrected chi connectivity index (χ3v) is 3.63. The number of benzene rings is 1. The lowest BCUT2D eigenvalue weighted by atomic mass is 10.1. The van der Waals surface area contributed by atoms with E-state index in [4.69, 9.17) is 0 Å². The van der Waals surface area contributed by atoms with Gasteiger partial charge in [0.2, 0.25) is 0 Å². The van der Waals surface area contributed by atoms with Crippen LogP contribution < -0.4 is 5.32 Å². The summed E-state index contributed by atoms with van der Waals surface area (Å²) in [6.07, 6.45) is 3.34. The number of nitrogens with zero attached hydrogens (tertiary/aromatic N) is 2. The minimum Gasteiger partial charge on any atom is -0.313 e. The first-order chi connectivity index (χ1) is 8.31. The number of hydrogen-bond donors (Lipinski definition) is 1. The molecule has 3 nitrogen and oxygen atoms in total. The Morgan fingerprint density at radius 2 is 2.06 bits per heavy atom. The van der Waals surface area contributed by atoms with Gasteiger partial charge in [-0.1, -0.05) is 30.0 Å². The van der Waals surface area contributed by atoms with Crippen molar-refractivity contribution in [1.82, 2.24) is 15.3 Å². The summed E-state index contributed by atoms with van der Waals surface area (Å²) in [6.45, 7) is 2.15. The molecule has 17 heavy (non-hydrogen) atoms. The lowest BCUT2D eigenvalue weighted by Gasteiger charge is -2.14. The molecular weight excluding hydrogens is 230 g/mol. The van der Waals surface area contributed by atoms with Crippen molar-refractivity contribution in [2.45, 2.75) is 22.9 Å². The Bertz CT molecular complexity index is 473. The van der Waals surface area contributed by atoms with Gasteiger partial charge in [0.25, 0.3) is 0 Å². The summed E-state index contributed by atoms with van der Waals surface area (Å²) in [6, 6.07) is 10.6. The van der Waals surface area contributed by atoms with Gasteiger partial charge in [0.1, 0.15) is 11.4 Å². The number of hydrogen-bond acceptors (Lipinski definition) is 4. The number of nitrogens with one attached hydrogen (secondary N) is 1.